The van der Waals surface area contributed by atoms with Crippen molar-refractivity contribution in [1.82, 2.24) is 10.2 Å². The smallest absolute Gasteiger partial charge is 0.317 e. The maximum absolute atomic E-state index is 12.3. The molecule has 0 radical (unpaired) electrons. The van der Waals surface area contributed by atoms with Crippen LogP contribution >= 0.6 is 0 Å². The fraction of sp³-hybridized carbons (Fsp3) is 0.867. The van der Waals surface area contributed by atoms with Crippen molar-refractivity contribution >= 4 is 12.0 Å². The van der Waals surface area contributed by atoms with E-state index >= 15 is 0 Å². The zero-order valence-corrected chi connectivity index (χ0v) is 13.1. The fourth-order valence-electron chi connectivity index (χ4n) is 2.79. The quantitative estimate of drug-likeness (QED) is 0.815. The maximum Gasteiger partial charge on any atom is 0.317 e. The minimum Gasteiger partial charge on any atom is -0.481 e. The van der Waals surface area contributed by atoms with Gasteiger partial charge in [-0.3, -0.25) is 4.79 Å². The van der Waals surface area contributed by atoms with Gasteiger partial charge in [-0.1, -0.05) is 13.3 Å². The molecule has 0 aromatic carbocycles. The van der Waals surface area contributed by atoms with Crippen LogP contribution in [0.15, 0.2) is 0 Å². The van der Waals surface area contributed by atoms with Crippen LogP contribution in [0.3, 0.4) is 0 Å². The van der Waals surface area contributed by atoms with E-state index in [1.54, 1.807) is 4.90 Å². The van der Waals surface area contributed by atoms with Crippen molar-refractivity contribution in [2.24, 2.45) is 11.8 Å². The van der Waals surface area contributed by atoms with Crippen LogP contribution in [0, 0.1) is 11.8 Å². The highest BCUT2D eigenvalue weighted by molar-refractivity contribution is 5.76. The lowest BCUT2D eigenvalue weighted by Crippen LogP contribution is -2.51. The van der Waals surface area contributed by atoms with Crippen molar-refractivity contribution in [1.29, 1.82) is 0 Å². The first kappa shape index (κ1) is 16.8. The van der Waals surface area contributed by atoms with Crippen molar-refractivity contribution in [2.75, 3.05) is 13.1 Å². The first-order valence-electron chi connectivity index (χ1n) is 7.47. The summed E-state index contributed by atoms with van der Waals surface area (Å²) in [5, 5.41) is 11.8. The van der Waals surface area contributed by atoms with Crippen LogP contribution in [0.1, 0.15) is 53.4 Å². The molecule has 1 rings (SSSR count). The minimum atomic E-state index is -0.878. The van der Waals surface area contributed by atoms with Crippen LogP contribution in [0.25, 0.3) is 0 Å². The molecule has 1 saturated carbocycles. The Bertz CT molecular complexity index is 350. The van der Waals surface area contributed by atoms with Gasteiger partial charge in [0, 0.05) is 18.6 Å². The molecule has 20 heavy (non-hydrogen) atoms. The lowest BCUT2D eigenvalue weighted by molar-refractivity contribution is -0.137. The number of urea groups is 1. The van der Waals surface area contributed by atoms with Gasteiger partial charge < -0.3 is 15.3 Å². The molecule has 5 heteroatoms. The minimum absolute atomic E-state index is 0.0227. The van der Waals surface area contributed by atoms with E-state index in [2.05, 4.69) is 12.2 Å². The molecule has 0 aliphatic heterocycles. The van der Waals surface area contributed by atoms with Crippen LogP contribution in [0.4, 0.5) is 4.79 Å². The molecule has 0 heterocycles. The normalized spacial score (nSPS) is 22.6. The second kappa shape index (κ2) is 6.95. The molecule has 0 bridgehead atoms. The number of carbonyl (C=O) groups is 2. The van der Waals surface area contributed by atoms with E-state index in [4.69, 9.17) is 5.11 Å². The second-order valence-electron chi connectivity index (χ2n) is 6.94. The zero-order chi connectivity index (χ0) is 15.3. The average Bonchev–Trinajstić information content (AvgIpc) is 2.70. The molecule has 2 amide bonds. The standard InChI is InChI=1S/C15H28N2O3/c1-11-5-6-12(9-11)10-16-14(20)17(15(2,3)4)8-7-13(18)19/h11-12H,5-10H2,1-4H3,(H,16,20)(H,18,19). The van der Waals surface area contributed by atoms with Gasteiger partial charge in [-0.15, -0.1) is 0 Å². The number of nitrogens with one attached hydrogen (secondary N) is 1. The Morgan fingerprint density at radius 3 is 2.40 bits per heavy atom. The monoisotopic (exact) mass is 284 g/mol. The SMILES string of the molecule is CC1CCC(CNC(=O)N(CCC(=O)O)C(C)(C)C)C1. The molecule has 0 aromatic rings. The van der Waals surface area contributed by atoms with E-state index in [1.165, 1.54) is 19.3 Å². The van der Waals surface area contributed by atoms with Crippen LogP contribution in [0.2, 0.25) is 0 Å². The fourth-order valence-corrected chi connectivity index (χ4v) is 2.79. The summed E-state index contributed by atoms with van der Waals surface area (Å²) >= 11 is 0. The first-order chi connectivity index (χ1) is 9.20. The largest absolute Gasteiger partial charge is 0.481 e. The zero-order valence-electron chi connectivity index (χ0n) is 13.1. The molecule has 1 aliphatic rings. The van der Waals surface area contributed by atoms with Gasteiger partial charge >= 0.3 is 12.0 Å². The molecule has 2 N–H and O–H groups in total. The maximum atomic E-state index is 12.3. The molecule has 2 unspecified atom stereocenters. The highest BCUT2D eigenvalue weighted by atomic mass is 16.4. The third-order valence-electron chi connectivity index (χ3n) is 3.95. The molecule has 5 nitrogen and oxygen atoms in total. The van der Waals surface area contributed by atoms with Gasteiger partial charge in [0.25, 0.3) is 0 Å². The molecular formula is C15H28N2O3. The molecule has 1 aliphatic carbocycles. The number of hydrogen-bond acceptors (Lipinski definition) is 2. The molecule has 0 spiro atoms. The number of hydrogen-bond donors (Lipinski definition) is 2. The van der Waals surface area contributed by atoms with Crippen molar-refractivity contribution in [2.45, 2.75) is 58.9 Å². The number of rotatable bonds is 5. The molecular weight excluding hydrogens is 256 g/mol. The number of carboxylic acid groups (broad SMARTS) is 1. The Labute approximate surface area is 121 Å². The topological polar surface area (TPSA) is 69.6 Å². The highest BCUT2D eigenvalue weighted by Crippen LogP contribution is 2.29. The molecule has 116 valence electrons. The third kappa shape index (κ3) is 5.39. The van der Waals surface area contributed by atoms with Gasteiger partial charge in [0.05, 0.1) is 6.42 Å². The van der Waals surface area contributed by atoms with Crippen LogP contribution in [0.5, 0.6) is 0 Å². The average molecular weight is 284 g/mol. The van der Waals surface area contributed by atoms with E-state index in [9.17, 15) is 9.59 Å². The predicted molar refractivity (Wildman–Crippen MR) is 78.6 cm³/mol. The van der Waals surface area contributed by atoms with Crippen LogP contribution < -0.4 is 5.32 Å². The first-order valence-corrected chi connectivity index (χ1v) is 7.47. The van der Waals surface area contributed by atoms with Gasteiger partial charge in [0.2, 0.25) is 0 Å². The summed E-state index contributed by atoms with van der Waals surface area (Å²) in [7, 11) is 0. The van der Waals surface area contributed by atoms with Gasteiger partial charge in [-0.05, 0) is 45.4 Å². The van der Waals surface area contributed by atoms with Crippen LogP contribution in [-0.2, 0) is 4.79 Å². The molecule has 0 aromatic heterocycles. The van der Waals surface area contributed by atoms with Crippen molar-refractivity contribution in [3.05, 3.63) is 0 Å². The van der Waals surface area contributed by atoms with Gasteiger partial charge in [-0.2, -0.15) is 0 Å². The van der Waals surface area contributed by atoms with E-state index in [0.717, 1.165) is 5.92 Å². The van der Waals surface area contributed by atoms with Crippen molar-refractivity contribution < 1.29 is 14.7 Å². The van der Waals surface area contributed by atoms with E-state index in [0.29, 0.717) is 12.5 Å². The second-order valence-corrected chi connectivity index (χ2v) is 6.94. The third-order valence-corrected chi connectivity index (χ3v) is 3.95. The van der Waals surface area contributed by atoms with E-state index in [-0.39, 0.29) is 24.5 Å². The summed E-state index contributed by atoms with van der Waals surface area (Å²) in [5.41, 5.74) is -0.373. The summed E-state index contributed by atoms with van der Waals surface area (Å²) in [6, 6.07) is -0.154. The van der Waals surface area contributed by atoms with E-state index < -0.39 is 5.97 Å². The number of carbonyl (C=O) groups excluding carboxylic acids is 1. The van der Waals surface area contributed by atoms with E-state index in [1.807, 2.05) is 20.8 Å². The van der Waals surface area contributed by atoms with Crippen molar-refractivity contribution in [3.8, 4) is 0 Å². The van der Waals surface area contributed by atoms with Gasteiger partial charge in [-0.25, -0.2) is 4.79 Å². The van der Waals surface area contributed by atoms with Gasteiger partial charge in [0.15, 0.2) is 0 Å². The highest BCUT2D eigenvalue weighted by Gasteiger charge is 2.28. The molecule has 1 fully saturated rings. The number of nitrogens with zero attached hydrogens (tertiary/aromatic N) is 1. The lowest BCUT2D eigenvalue weighted by atomic mass is 10.1. The molecule has 0 saturated heterocycles. The van der Waals surface area contributed by atoms with Gasteiger partial charge in [0.1, 0.15) is 0 Å². The predicted octanol–water partition coefficient (Wildman–Crippen LogP) is 2.71. The summed E-state index contributed by atoms with van der Waals surface area (Å²) in [4.78, 5) is 24.6. The Morgan fingerprint density at radius 1 is 1.30 bits per heavy atom. The number of carboxylic acids is 1. The Kier molecular flexibility index (Phi) is 5.84. The van der Waals surface area contributed by atoms with Crippen molar-refractivity contribution in [3.63, 3.8) is 0 Å². The summed E-state index contributed by atoms with van der Waals surface area (Å²) in [6.07, 6.45) is 3.56. The number of amides is 2. The Morgan fingerprint density at radius 2 is 1.95 bits per heavy atom. The summed E-state index contributed by atoms with van der Waals surface area (Å²) in [6.45, 7) is 8.95. The van der Waals surface area contributed by atoms with Crippen LogP contribution in [-0.4, -0.2) is 40.6 Å². The summed E-state index contributed by atoms with van der Waals surface area (Å²) < 4.78 is 0. The summed E-state index contributed by atoms with van der Waals surface area (Å²) in [5.74, 6) is 0.439. The Hall–Kier alpha value is -1.26. The number of aliphatic carboxylic acids is 1. The lowest BCUT2D eigenvalue weighted by Gasteiger charge is -2.35. The molecule has 2 atom stereocenters. The Balaban J connectivity index is 2.48.